The lowest BCUT2D eigenvalue weighted by atomic mass is 10.2. The maximum atomic E-state index is 12.3. The topological polar surface area (TPSA) is 84.5 Å². The first-order valence-electron chi connectivity index (χ1n) is 7.42. The van der Waals surface area contributed by atoms with Crippen molar-refractivity contribution < 1.29 is 19.1 Å². The molecule has 0 aromatic heterocycles. The number of esters is 1. The minimum absolute atomic E-state index is 0.0547. The third kappa shape index (κ3) is 5.28. The quantitative estimate of drug-likeness (QED) is 0.580. The van der Waals surface area contributed by atoms with E-state index >= 15 is 0 Å². The summed E-state index contributed by atoms with van der Waals surface area (Å²) in [6.07, 6.45) is 2.01. The summed E-state index contributed by atoms with van der Waals surface area (Å²) in [7, 11) is 1.33. The van der Waals surface area contributed by atoms with Gasteiger partial charge in [0.25, 0.3) is 5.91 Å². The van der Waals surface area contributed by atoms with Crippen LogP contribution >= 0.6 is 11.8 Å². The van der Waals surface area contributed by atoms with Crippen LogP contribution in [0.4, 0.5) is 0 Å². The molecule has 6 nitrogen and oxygen atoms in total. The van der Waals surface area contributed by atoms with Gasteiger partial charge in [0, 0.05) is 10.9 Å². The van der Waals surface area contributed by atoms with Crippen molar-refractivity contribution in [1.82, 2.24) is 10.6 Å². The zero-order chi connectivity index (χ0) is 16.8. The van der Waals surface area contributed by atoms with Crippen LogP contribution in [0.3, 0.4) is 0 Å². The van der Waals surface area contributed by atoms with Crippen molar-refractivity contribution in [2.45, 2.75) is 36.0 Å². The first-order chi connectivity index (χ1) is 11.0. The fourth-order valence-electron chi connectivity index (χ4n) is 1.92. The zero-order valence-electron chi connectivity index (χ0n) is 13.1. The molecule has 124 valence electrons. The highest BCUT2D eigenvalue weighted by Crippen LogP contribution is 2.27. The Morgan fingerprint density at radius 3 is 2.65 bits per heavy atom. The number of carbonyl (C=O) groups excluding carboxylic acids is 3. The van der Waals surface area contributed by atoms with Gasteiger partial charge in [-0.05, 0) is 31.9 Å². The summed E-state index contributed by atoms with van der Waals surface area (Å²) >= 11 is 1.25. The molecule has 1 aromatic carbocycles. The number of hydrogen-bond donors (Lipinski definition) is 2. The maximum absolute atomic E-state index is 12.3. The maximum Gasteiger partial charge on any atom is 0.318 e. The van der Waals surface area contributed by atoms with E-state index in [1.54, 1.807) is 31.2 Å². The average Bonchev–Trinajstić information content (AvgIpc) is 3.36. The van der Waals surface area contributed by atoms with Crippen LogP contribution in [-0.4, -0.2) is 42.7 Å². The normalized spacial score (nSPS) is 14.7. The lowest BCUT2D eigenvalue weighted by Gasteiger charge is -2.13. The van der Waals surface area contributed by atoms with E-state index in [0.717, 1.165) is 12.8 Å². The number of ether oxygens (including phenoxy) is 1. The highest BCUT2D eigenvalue weighted by atomic mass is 32.2. The predicted molar refractivity (Wildman–Crippen MR) is 87.3 cm³/mol. The SMILES string of the molecule is COC(=O)[C@@H](C)Sc1ccccc1C(=O)NCC(=O)NC1CC1. The number of benzene rings is 1. The average molecular weight is 336 g/mol. The number of rotatable bonds is 7. The van der Waals surface area contributed by atoms with Crippen molar-refractivity contribution in [2.75, 3.05) is 13.7 Å². The molecule has 2 amide bonds. The Labute approximate surface area is 139 Å². The summed E-state index contributed by atoms with van der Waals surface area (Å²) in [5.74, 6) is -0.876. The molecule has 23 heavy (non-hydrogen) atoms. The third-order valence-electron chi connectivity index (χ3n) is 3.32. The van der Waals surface area contributed by atoms with Gasteiger partial charge in [-0.2, -0.15) is 0 Å². The molecule has 7 heteroatoms. The molecule has 1 fully saturated rings. The minimum Gasteiger partial charge on any atom is -0.468 e. The largest absolute Gasteiger partial charge is 0.468 e. The predicted octanol–water partition coefficient (Wildman–Crippen LogP) is 1.35. The molecule has 1 aromatic rings. The number of amides is 2. The van der Waals surface area contributed by atoms with Crippen LogP contribution in [0.25, 0.3) is 0 Å². The molecule has 2 rings (SSSR count). The van der Waals surface area contributed by atoms with Crippen LogP contribution in [0.15, 0.2) is 29.2 Å². The van der Waals surface area contributed by atoms with E-state index in [2.05, 4.69) is 10.6 Å². The molecular formula is C16H20N2O4S. The zero-order valence-corrected chi connectivity index (χ0v) is 13.9. The third-order valence-corrected chi connectivity index (χ3v) is 4.48. The minimum atomic E-state index is -0.424. The van der Waals surface area contributed by atoms with E-state index in [0.29, 0.717) is 10.5 Å². The molecule has 2 N–H and O–H groups in total. The fourth-order valence-corrected chi connectivity index (χ4v) is 2.94. The second kappa shape index (κ2) is 8.01. The highest BCUT2D eigenvalue weighted by Gasteiger charge is 2.23. The fraction of sp³-hybridized carbons (Fsp3) is 0.438. The molecule has 1 atom stereocenters. The summed E-state index contributed by atoms with van der Waals surface area (Å²) in [6.45, 7) is 1.66. The molecule has 0 aliphatic heterocycles. The van der Waals surface area contributed by atoms with Gasteiger partial charge >= 0.3 is 5.97 Å². The Balaban J connectivity index is 1.96. The van der Waals surface area contributed by atoms with E-state index in [1.165, 1.54) is 18.9 Å². The summed E-state index contributed by atoms with van der Waals surface area (Å²) in [5, 5.41) is 4.99. The number of hydrogen-bond acceptors (Lipinski definition) is 5. The summed E-state index contributed by atoms with van der Waals surface area (Å²) in [4.78, 5) is 36.1. The van der Waals surface area contributed by atoms with Crippen LogP contribution in [0, 0.1) is 0 Å². The molecule has 0 saturated heterocycles. The van der Waals surface area contributed by atoms with Gasteiger partial charge in [0.1, 0.15) is 5.25 Å². The number of thioether (sulfide) groups is 1. The Morgan fingerprint density at radius 2 is 2.00 bits per heavy atom. The Bertz CT molecular complexity index is 601. The first-order valence-corrected chi connectivity index (χ1v) is 8.30. The van der Waals surface area contributed by atoms with Gasteiger partial charge in [0.2, 0.25) is 5.91 Å². The Morgan fingerprint density at radius 1 is 1.30 bits per heavy atom. The van der Waals surface area contributed by atoms with Gasteiger partial charge in [-0.25, -0.2) is 0 Å². The molecule has 0 unspecified atom stereocenters. The van der Waals surface area contributed by atoms with Gasteiger partial charge in [0.15, 0.2) is 0 Å². The van der Waals surface area contributed by atoms with Crippen molar-refractivity contribution >= 4 is 29.5 Å². The van der Waals surface area contributed by atoms with Crippen LogP contribution in [0.5, 0.6) is 0 Å². The van der Waals surface area contributed by atoms with Crippen LogP contribution < -0.4 is 10.6 Å². The monoisotopic (exact) mass is 336 g/mol. The number of methoxy groups -OCH3 is 1. The molecule has 0 bridgehead atoms. The van der Waals surface area contributed by atoms with E-state index in [-0.39, 0.29) is 30.4 Å². The van der Waals surface area contributed by atoms with E-state index in [4.69, 9.17) is 4.74 Å². The van der Waals surface area contributed by atoms with E-state index in [1.807, 2.05) is 0 Å². The van der Waals surface area contributed by atoms with Gasteiger partial charge in [-0.1, -0.05) is 12.1 Å². The molecular weight excluding hydrogens is 316 g/mol. The standard InChI is InChI=1S/C16H20N2O4S/c1-10(16(21)22-2)23-13-6-4-3-5-12(13)15(20)17-9-14(19)18-11-7-8-11/h3-6,10-11H,7-9H2,1-2H3,(H,17,20)(H,18,19)/t10-/m1/s1. The summed E-state index contributed by atoms with van der Waals surface area (Å²) in [5.41, 5.74) is 0.437. The summed E-state index contributed by atoms with van der Waals surface area (Å²) < 4.78 is 4.69. The molecule has 1 saturated carbocycles. The molecule has 0 heterocycles. The van der Waals surface area contributed by atoms with Gasteiger partial charge in [-0.3, -0.25) is 14.4 Å². The molecule has 1 aliphatic rings. The smallest absolute Gasteiger partial charge is 0.318 e. The Kier molecular flexibility index (Phi) is 6.04. The van der Waals surface area contributed by atoms with Crippen molar-refractivity contribution in [3.63, 3.8) is 0 Å². The lowest BCUT2D eigenvalue weighted by Crippen LogP contribution is -2.38. The van der Waals surface area contributed by atoms with Crippen LogP contribution in [0.1, 0.15) is 30.1 Å². The van der Waals surface area contributed by atoms with Gasteiger partial charge in [0.05, 0.1) is 19.2 Å². The first kappa shape index (κ1) is 17.3. The summed E-state index contributed by atoms with van der Waals surface area (Å²) in [6, 6.07) is 7.24. The van der Waals surface area contributed by atoms with Crippen LogP contribution in [-0.2, 0) is 14.3 Å². The lowest BCUT2D eigenvalue weighted by molar-refractivity contribution is -0.139. The number of carbonyl (C=O) groups is 3. The van der Waals surface area contributed by atoms with E-state index in [9.17, 15) is 14.4 Å². The van der Waals surface area contributed by atoms with Crippen molar-refractivity contribution in [3.05, 3.63) is 29.8 Å². The highest BCUT2D eigenvalue weighted by molar-refractivity contribution is 8.00. The van der Waals surface area contributed by atoms with Crippen molar-refractivity contribution in [1.29, 1.82) is 0 Å². The van der Waals surface area contributed by atoms with E-state index < -0.39 is 5.25 Å². The molecule has 1 aliphatic carbocycles. The second-order valence-electron chi connectivity index (χ2n) is 5.30. The Hall–Kier alpha value is -2.02. The second-order valence-corrected chi connectivity index (χ2v) is 6.69. The molecule has 0 spiro atoms. The molecule has 0 radical (unpaired) electrons. The van der Waals surface area contributed by atoms with Gasteiger partial charge < -0.3 is 15.4 Å². The number of nitrogens with one attached hydrogen (secondary N) is 2. The van der Waals surface area contributed by atoms with Crippen molar-refractivity contribution in [3.8, 4) is 0 Å². The van der Waals surface area contributed by atoms with Gasteiger partial charge in [-0.15, -0.1) is 11.8 Å². The van der Waals surface area contributed by atoms with Crippen LogP contribution in [0.2, 0.25) is 0 Å². The van der Waals surface area contributed by atoms with Crippen molar-refractivity contribution in [2.24, 2.45) is 0 Å².